The number of rotatable bonds is 3. The number of likely N-dealkylation sites (tertiary alicyclic amines) is 1. The first kappa shape index (κ1) is 15.8. The van der Waals surface area contributed by atoms with Crippen LogP contribution in [-0.2, 0) is 0 Å². The molecule has 2 heterocycles. The zero-order valence-electron chi connectivity index (χ0n) is 12.5. The second-order valence-corrected chi connectivity index (χ2v) is 6.44. The third kappa shape index (κ3) is 3.82. The van der Waals surface area contributed by atoms with Crippen molar-refractivity contribution in [3.63, 3.8) is 0 Å². The normalized spacial score (nSPS) is 15.4. The van der Waals surface area contributed by atoms with Crippen LogP contribution in [0.25, 0.3) is 0 Å². The number of nitrogens with zero attached hydrogens (tertiary/aromatic N) is 1. The molecule has 2 aromatic rings. The molecule has 1 saturated heterocycles. The summed E-state index contributed by atoms with van der Waals surface area (Å²) < 4.78 is 6.04. The number of hydrogen-bond acceptors (Lipinski definition) is 3. The largest absolute Gasteiger partial charge is 0.459 e. The van der Waals surface area contributed by atoms with Crippen molar-refractivity contribution < 1.29 is 14.0 Å². The lowest BCUT2D eigenvalue weighted by Gasteiger charge is -2.32. The maximum Gasteiger partial charge on any atom is 0.287 e. The van der Waals surface area contributed by atoms with Crippen LogP contribution in [0.3, 0.4) is 0 Å². The van der Waals surface area contributed by atoms with Crippen LogP contribution in [0.5, 0.6) is 0 Å². The van der Waals surface area contributed by atoms with Crippen LogP contribution in [0, 0.1) is 0 Å². The maximum atomic E-state index is 12.4. The highest BCUT2D eigenvalue weighted by Crippen LogP contribution is 2.16. The van der Waals surface area contributed by atoms with Gasteiger partial charge in [0, 0.05) is 29.2 Å². The Labute approximate surface area is 142 Å². The highest BCUT2D eigenvalue weighted by molar-refractivity contribution is 9.10. The topological polar surface area (TPSA) is 62.6 Å². The first-order valence-electron chi connectivity index (χ1n) is 7.52. The van der Waals surface area contributed by atoms with Crippen molar-refractivity contribution in [1.29, 1.82) is 0 Å². The Balaban J connectivity index is 1.53. The van der Waals surface area contributed by atoms with E-state index < -0.39 is 0 Å². The van der Waals surface area contributed by atoms with Crippen molar-refractivity contribution in [2.45, 2.75) is 18.9 Å². The Bertz CT molecular complexity index is 674. The maximum absolute atomic E-state index is 12.4. The molecule has 0 saturated carbocycles. The van der Waals surface area contributed by atoms with Crippen molar-refractivity contribution in [2.24, 2.45) is 0 Å². The van der Waals surface area contributed by atoms with Crippen LogP contribution in [-0.4, -0.2) is 35.8 Å². The summed E-state index contributed by atoms with van der Waals surface area (Å²) in [5.74, 6) is 0.152. The molecular weight excluding hydrogens is 360 g/mol. The molecule has 3 rings (SSSR count). The van der Waals surface area contributed by atoms with Gasteiger partial charge in [-0.15, -0.1) is 0 Å². The quantitative estimate of drug-likeness (QED) is 0.894. The monoisotopic (exact) mass is 376 g/mol. The fourth-order valence-corrected chi connectivity index (χ4v) is 2.93. The molecule has 0 unspecified atom stereocenters. The third-order valence-corrected chi connectivity index (χ3v) is 4.48. The van der Waals surface area contributed by atoms with Gasteiger partial charge in [-0.3, -0.25) is 9.59 Å². The summed E-state index contributed by atoms with van der Waals surface area (Å²) >= 11 is 3.36. The predicted molar refractivity (Wildman–Crippen MR) is 89.2 cm³/mol. The number of halogens is 1. The molecule has 0 spiro atoms. The molecule has 23 heavy (non-hydrogen) atoms. The molecule has 6 heteroatoms. The minimum atomic E-state index is -0.201. The first-order valence-corrected chi connectivity index (χ1v) is 8.32. The fraction of sp³-hybridized carbons (Fsp3) is 0.294. The van der Waals surface area contributed by atoms with Crippen LogP contribution in [0.15, 0.2) is 51.6 Å². The molecule has 1 aromatic heterocycles. The summed E-state index contributed by atoms with van der Waals surface area (Å²) in [4.78, 5) is 26.2. The van der Waals surface area contributed by atoms with Crippen LogP contribution in [0.4, 0.5) is 0 Å². The van der Waals surface area contributed by atoms with E-state index in [4.69, 9.17) is 4.42 Å². The van der Waals surface area contributed by atoms with Crippen molar-refractivity contribution in [2.75, 3.05) is 13.1 Å². The summed E-state index contributed by atoms with van der Waals surface area (Å²) in [5.41, 5.74) is 0.686. The number of benzene rings is 1. The van der Waals surface area contributed by atoms with E-state index in [0.29, 0.717) is 24.4 Å². The number of carbonyl (C=O) groups excluding carboxylic acids is 2. The van der Waals surface area contributed by atoms with Gasteiger partial charge in [-0.05, 0) is 49.2 Å². The van der Waals surface area contributed by atoms with Crippen molar-refractivity contribution in [3.05, 3.63) is 58.5 Å². The first-order chi connectivity index (χ1) is 11.1. The molecule has 0 aliphatic carbocycles. The van der Waals surface area contributed by atoms with Crippen molar-refractivity contribution in [1.82, 2.24) is 10.2 Å². The Morgan fingerprint density at radius 1 is 1.13 bits per heavy atom. The predicted octanol–water partition coefficient (Wildman–Crippen LogP) is 3.08. The van der Waals surface area contributed by atoms with Crippen molar-refractivity contribution >= 4 is 27.7 Å². The number of furan rings is 1. The summed E-state index contributed by atoms with van der Waals surface area (Å²) in [5, 5.41) is 2.95. The van der Waals surface area contributed by atoms with E-state index in [1.165, 1.54) is 6.26 Å². The lowest BCUT2D eigenvalue weighted by Crippen LogP contribution is -2.46. The smallest absolute Gasteiger partial charge is 0.287 e. The van der Waals surface area contributed by atoms with Gasteiger partial charge in [0.1, 0.15) is 0 Å². The summed E-state index contributed by atoms with van der Waals surface area (Å²) in [6.07, 6.45) is 2.97. The molecule has 0 atom stereocenters. The molecule has 1 aromatic carbocycles. The van der Waals surface area contributed by atoms with E-state index in [2.05, 4.69) is 21.2 Å². The zero-order valence-corrected chi connectivity index (χ0v) is 14.1. The molecule has 2 amide bonds. The summed E-state index contributed by atoms with van der Waals surface area (Å²) in [6, 6.07) is 10.8. The van der Waals surface area contributed by atoms with E-state index >= 15 is 0 Å². The van der Waals surface area contributed by atoms with Gasteiger partial charge >= 0.3 is 0 Å². The molecule has 1 fully saturated rings. The average Bonchev–Trinajstić information content (AvgIpc) is 3.10. The van der Waals surface area contributed by atoms with Gasteiger partial charge in [0.05, 0.1) is 6.26 Å². The number of nitrogens with one attached hydrogen (secondary N) is 1. The van der Waals surface area contributed by atoms with Gasteiger partial charge < -0.3 is 14.6 Å². The fourth-order valence-electron chi connectivity index (χ4n) is 2.67. The second-order valence-electron chi connectivity index (χ2n) is 5.52. The standard InChI is InChI=1S/C17H17BrN2O3/c18-13-5-3-12(4-6-13)17(22)20-9-7-14(8-10-20)19-16(21)15-2-1-11-23-15/h1-6,11,14H,7-10H2,(H,19,21). The molecule has 1 N–H and O–H groups in total. The number of amides is 2. The van der Waals surface area contributed by atoms with Gasteiger partial charge in [0.2, 0.25) is 0 Å². The van der Waals surface area contributed by atoms with Crippen LogP contribution < -0.4 is 5.32 Å². The molecule has 0 radical (unpaired) electrons. The van der Waals surface area contributed by atoms with Gasteiger partial charge in [-0.2, -0.15) is 0 Å². The highest BCUT2D eigenvalue weighted by atomic mass is 79.9. The summed E-state index contributed by atoms with van der Waals surface area (Å²) in [6.45, 7) is 1.27. The SMILES string of the molecule is O=C(NC1CCN(C(=O)c2ccc(Br)cc2)CC1)c1ccco1. The number of piperidine rings is 1. The molecule has 120 valence electrons. The van der Waals surface area contributed by atoms with E-state index in [0.717, 1.165) is 17.3 Å². The van der Waals surface area contributed by atoms with Crippen LogP contribution >= 0.6 is 15.9 Å². The van der Waals surface area contributed by atoms with E-state index in [9.17, 15) is 9.59 Å². The molecule has 1 aliphatic heterocycles. The molecule has 1 aliphatic rings. The average molecular weight is 377 g/mol. The molecule has 0 bridgehead atoms. The Kier molecular flexibility index (Phi) is 4.81. The van der Waals surface area contributed by atoms with Gasteiger partial charge in [0.15, 0.2) is 5.76 Å². The Morgan fingerprint density at radius 2 is 1.83 bits per heavy atom. The van der Waals surface area contributed by atoms with Crippen LogP contribution in [0.2, 0.25) is 0 Å². The van der Waals surface area contributed by atoms with Gasteiger partial charge in [0.25, 0.3) is 11.8 Å². The molecule has 5 nitrogen and oxygen atoms in total. The van der Waals surface area contributed by atoms with Gasteiger partial charge in [-0.1, -0.05) is 15.9 Å². The zero-order chi connectivity index (χ0) is 16.2. The lowest BCUT2D eigenvalue weighted by molar-refractivity contribution is 0.0695. The van der Waals surface area contributed by atoms with Crippen LogP contribution in [0.1, 0.15) is 33.8 Å². The number of hydrogen-bond donors (Lipinski definition) is 1. The minimum absolute atomic E-state index is 0.0355. The van der Waals surface area contributed by atoms with Gasteiger partial charge in [-0.25, -0.2) is 0 Å². The van der Waals surface area contributed by atoms with Crippen molar-refractivity contribution in [3.8, 4) is 0 Å². The van der Waals surface area contributed by atoms with E-state index in [1.54, 1.807) is 12.1 Å². The molecular formula is C17H17BrN2O3. The van der Waals surface area contributed by atoms with E-state index in [-0.39, 0.29) is 17.9 Å². The Hall–Kier alpha value is -2.08. The highest BCUT2D eigenvalue weighted by Gasteiger charge is 2.25. The lowest BCUT2D eigenvalue weighted by atomic mass is 10.0. The Morgan fingerprint density at radius 3 is 2.43 bits per heavy atom. The third-order valence-electron chi connectivity index (χ3n) is 3.95. The number of carbonyl (C=O) groups is 2. The minimum Gasteiger partial charge on any atom is -0.459 e. The second kappa shape index (κ2) is 7.00. The summed E-state index contributed by atoms with van der Waals surface area (Å²) in [7, 11) is 0. The van der Waals surface area contributed by atoms with E-state index in [1.807, 2.05) is 29.2 Å².